The summed E-state index contributed by atoms with van der Waals surface area (Å²) in [4.78, 5) is 16.9. The third-order valence-corrected chi connectivity index (χ3v) is 6.02. The molecule has 0 fully saturated rings. The normalized spacial score (nSPS) is 15.4. The number of hydrogen-bond acceptors (Lipinski definition) is 5. The molecule has 25 heavy (non-hydrogen) atoms. The molecule has 1 amide bonds. The molecule has 0 atom stereocenters. The zero-order chi connectivity index (χ0) is 17.6. The van der Waals surface area contributed by atoms with E-state index in [1.807, 2.05) is 0 Å². The van der Waals surface area contributed by atoms with Crippen molar-refractivity contribution in [2.24, 2.45) is 0 Å². The molecule has 8 heteroatoms. The molecule has 1 aliphatic heterocycles. The number of pyridine rings is 1. The number of nitrogens with zero attached hydrogens (tertiary/aromatic N) is 4. The first-order valence-electron chi connectivity index (χ1n) is 7.60. The fourth-order valence-electron chi connectivity index (χ4n) is 2.89. The molecule has 3 aromatic rings. The Bertz CT molecular complexity index is 1060. The van der Waals surface area contributed by atoms with E-state index in [-0.39, 0.29) is 17.0 Å². The quantitative estimate of drug-likeness (QED) is 0.717. The van der Waals surface area contributed by atoms with Gasteiger partial charge < -0.3 is 0 Å². The molecule has 0 radical (unpaired) electrons. The van der Waals surface area contributed by atoms with Gasteiger partial charge in [0.1, 0.15) is 4.90 Å². The summed E-state index contributed by atoms with van der Waals surface area (Å²) < 4.78 is 28.0. The van der Waals surface area contributed by atoms with E-state index in [9.17, 15) is 13.2 Å². The summed E-state index contributed by atoms with van der Waals surface area (Å²) in [6, 6.07) is 10.2. The van der Waals surface area contributed by atoms with Gasteiger partial charge in [0.2, 0.25) is 0 Å². The minimum atomic E-state index is -3.84. The number of rotatable bonds is 3. The van der Waals surface area contributed by atoms with Crippen LogP contribution in [0.4, 0.5) is 0 Å². The Kier molecular flexibility index (Phi) is 3.43. The van der Waals surface area contributed by atoms with Gasteiger partial charge in [-0.3, -0.25) is 4.79 Å². The van der Waals surface area contributed by atoms with Crippen molar-refractivity contribution in [2.45, 2.75) is 18.4 Å². The minimum absolute atomic E-state index is 0.0539. The van der Waals surface area contributed by atoms with Gasteiger partial charge >= 0.3 is 0 Å². The van der Waals surface area contributed by atoms with E-state index >= 15 is 0 Å². The maximum absolute atomic E-state index is 12.7. The highest BCUT2D eigenvalue weighted by Gasteiger charge is 2.42. The van der Waals surface area contributed by atoms with Crippen LogP contribution in [0.15, 0.2) is 59.9 Å². The molecule has 0 aliphatic carbocycles. The number of hydrogen-bond donors (Lipinski definition) is 0. The van der Waals surface area contributed by atoms with E-state index in [0.717, 1.165) is 4.31 Å². The standard InChI is InChI=1S/C17H14N4O3S/c1-12-4-2-5-14-16(12)25(23,24)21(17(14)22)11-13-6-7-15(18-10-13)20-9-3-8-19-20/h2-10H,11H2,1H3. The van der Waals surface area contributed by atoms with Gasteiger partial charge in [0, 0.05) is 18.6 Å². The maximum Gasteiger partial charge on any atom is 0.269 e. The number of amides is 1. The van der Waals surface area contributed by atoms with Crippen molar-refractivity contribution in [2.75, 3.05) is 0 Å². The summed E-state index contributed by atoms with van der Waals surface area (Å²) in [7, 11) is -3.84. The molecule has 2 aromatic heterocycles. The maximum atomic E-state index is 12.7. The Morgan fingerprint density at radius 1 is 1.12 bits per heavy atom. The van der Waals surface area contributed by atoms with Crippen LogP contribution in [0.25, 0.3) is 5.82 Å². The van der Waals surface area contributed by atoms with Crippen molar-refractivity contribution >= 4 is 15.9 Å². The first kappa shape index (κ1) is 15.5. The molecule has 0 saturated heterocycles. The lowest BCUT2D eigenvalue weighted by Crippen LogP contribution is -2.29. The van der Waals surface area contributed by atoms with Gasteiger partial charge in [0.05, 0.1) is 12.1 Å². The lowest BCUT2D eigenvalue weighted by atomic mass is 10.1. The lowest BCUT2D eigenvalue weighted by molar-refractivity contribution is 0.0865. The Morgan fingerprint density at radius 3 is 2.60 bits per heavy atom. The smallest absolute Gasteiger partial charge is 0.268 e. The number of aromatic nitrogens is 3. The van der Waals surface area contributed by atoms with E-state index < -0.39 is 15.9 Å². The third-order valence-electron chi connectivity index (χ3n) is 4.09. The summed E-state index contributed by atoms with van der Waals surface area (Å²) >= 11 is 0. The second-order valence-electron chi connectivity index (χ2n) is 5.74. The molecule has 0 spiro atoms. The van der Waals surface area contributed by atoms with Crippen LogP contribution in [0.2, 0.25) is 0 Å². The van der Waals surface area contributed by atoms with Gasteiger partial charge in [-0.2, -0.15) is 5.10 Å². The van der Waals surface area contributed by atoms with E-state index in [0.29, 0.717) is 16.9 Å². The van der Waals surface area contributed by atoms with Gasteiger partial charge in [0.25, 0.3) is 15.9 Å². The SMILES string of the molecule is Cc1cccc2c1S(=O)(=O)N(Cc1ccc(-n3cccn3)nc1)C2=O. The summed E-state index contributed by atoms with van der Waals surface area (Å²) in [6.45, 7) is 1.63. The van der Waals surface area contributed by atoms with Crippen LogP contribution in [0.1, 0.15) is 21.5 Å². The largest absolute Gasteiger partial charge is 0.269 e. The predicted molar refractivity (Wildman–Crippen MR) is 89.6 cm³/mol. The highest BCUT2D eigenvalue weighted by atomic mass is 32.2. The van der Waals surface area contributed by atoms with Crippen molar-refractivity contribution in [1.29, 1.82) is 0 Å². The average Bonchev–Trinajstić information content (AvgIpc) is 3.19. The number of sulfonamides is 1. The van der Waals surface area contributed by atoms with Crippen molar-refractivity contribution in [3.8, 4) is 5.82 Å². The number of aryl methyl sites for hydroxylation is 1. The van der Waals surface area contributed by atoms with E-state index in [1.54, 1.807) is 66.6 Å². The molecular weight excluding hydrogens is 340 g/mol. The Labute approximate surface area is 144 Å². The third kappa shape index (κ3) is 2.42. The van der Waals surface area contributed by atoms with Crippen LogP contribution < -0.4 is 0 Å². The second-order valence-corrected chi connectivity index (χ2v) is 7.54. The van der Waals surface area contributed by atoms with E-state index in [1.165, 1.54) is 0 Å². The van der Waals surface area contributed by atoms with Crippen LogP contribution in [-0.4, -0.2) is 33.4 Å². The Hall–Kier alpha value is -3.00. The number of carbonyl (C=O) groups excluding carboxylic acids is 1. The fraction of sp³-hybridized carbons (Fsp3) is 0.118. The number of carbonyl (C=O) groups is 1. The molecule has 0 bridgehead atoms. The first-order valence-corrected chi connectivity index (χ1v) is 9.04. The molecule has 1 aliphatic rings. The second kappa shape index (κ2) is 5.52. The predicted octanol–water partition coefficient (Wildman–Crippen LogP) is 1.92. The lowest BCUT2D eigenvalue weighted by Gasteiger charge is -2.15. The molecule has 3 heterocycles. The molecule has 126 valence electrons. The van der Waals surface area contributed by atoms with Gasteiger partial charge in [-0.1, -0.05) is 18.2 Å². The zero-order valence-corrected chi connectivity index (χ0v) is 14.1. The molecule has 7 nitrogen and oxygen atoms in total. The summed E-state index contributed by atoms with van der Waals surface area (Å²) in [5, 5.41) is 4.09. The van der Waals surface area contributed by atoms with Crippen LogP contribution in [0.3, 0.4) is 0 Å². The van der Waals surface area contributed by atoms with Crippen LogP contribution >= 0.6 is 0 Å². The Morgan fingerprint density at radius 2 is 1.96 bits per heavy atom. The van der Waals surface area contributed by atoms with Crippen molar-refractivity contribution in [3.05, 3.63) is 71.7 Å². The molecular formula is C17H14N4O3S. The molecule has 4 rings (SSSR count). The number of fused-ring (bicyclic) bond motifs is 1. The van der Waals surface area contributed by atoms with E-state index in [2.05, 4.69) is 10.1 Å². The highest BCUT2D eigenvalue weighted by molar-refractivity contribution is 7.90. The van der Waals surface area contributed by atoms with Crippen molar-refractivity contribution in [3.63, 3.8) is 0 Å². The fourth-order valence-corrected chi connectivity index (χ4v) is 4.65. The zero-order valence-electron chi connectivity index (χ0n) is 13.3. The highest BCUT2D eigenvalue weighted by Crippen LogP contribution is 2.33. The molecule has 0 saturated carbocycles. The van der Waals surface area contributed by atoms with Gasteiger partial charge in [0.15, 0.2) is 5.82 Å². The monoisotopic (exact) mass is 354 g/mol. The topological polar surface area (TPSA) is 85.2 Å². The summed E-state index contributed by atoms with van der Waals surface area (Å²) in [6.07, 6.45) is 4.95. The Balaban J connectivity index is 1.66. The summed E-state index contributed by atoms with van der Waals surface area (Å²) in [5.74, 6) is 0.110. The van der Waals surface area contributed by atoms with Crippen LogP contribution in [0.5, 0.6) is 0 Å². The number of benzene rings is 1. The molecule has 1 aromatic carbocycles. The van der Waals surface area contributed by atoms with E-state index in [4.69, 9.17) is 0 Å². The molecule has 0 N–H and O–H groups in total. The van der Waals surface area contributed by atoms with Crippen molar-refractivity contribution < 1.29 is 13.2 Å². The summed E-state index contributed by atoms with van der Waals surface area (Å²) in [5.41, 5.74) is 1.42. The van der Waals surface area contributed by atoms with Crippen LogP contribution in [0, 0.1) is 6.92 Å². The first-order chi connectivity index (χ1) is 12.0. The average molecular weight is 354 g/mol. The van der Waals surface area contributed by atoms with Gasteiger partial charge in [-0.15, -0.1) is 0 Å². The van der Waals surface area contributed by atoms with Gasteiger partial charge in [-0.05, 0) is 36.2 Å². The molecule has 0 unspecified atom stereocenters. The van der Waals surface area contributed by atoms with Gasteiger partial charge in [-0.25, -0.2) is 22.4 Å². The minimum Gasteiger partial charge on any atom is -0.268 e. The van der Waals surface area contributed by atoms with Crippen molar-refractivity contribution in [1.82, 2.24) is 19.1 Å². The van der Waals surface area contributed by atoms with Crippen LogP contribution in [-0.2, 0) is 16.6 Å².